The molecule has 15 heteroatoms. The maximum Gasteiger partial charge on any atom is 0.338 e. The van der Waals surface area contributed by atoms with Gasteiger partial charge in [-0.2, -0.15) is 0 Å². The van der Waals surface area contributed by atoms with Crippen molar-refractivity contribution in [2.24, 2.45) is 0 Å². The molecule has 0 bridgehead atoms. The molecule has 3 rings (SSSR count). The molecule has 304 valence electrons. The van der Waals surface area contributed by atoms with Crippen LogP contribution in [0.15, 0.2) is 24.3 Å². The van der Waals surface area contributed by atoms with Crippen molar-refractivity contribution in [3.8, 4) is 5.75 Å². The van der Waals surface area contributed by atoms with Gasteiger partial charge < -0.3 is 46.8 Å². The number of aliphatic hydroxyl groups excluding tert-OH is 1. The quantitative estimate of drug-likeness (QED) is 0.0979. The number of methoxy groups -OCH3 is 1. The largest absolute Gasteiger partial charge is 0.497 e. The molecule has 2 aliphatic rings. The van der Waals surface area contributed by atoms with Gasteiger partial charge in [0.2, 0.25) is 0 Å². The average molecular weight is 801 g/mol. The third-order valence-corrected chi connectivity index (χ3v) is 25.9. The summed E-state index contributed by atoms with van der Waals surface area (Å²) in [6, 6.07) is 14.6. The number of hydrogen-bond donors (Lipinski definition) is 1. The van der Waals surface area contributed by atoms with E-state index in [1.165, 1.54) is 6.92 Å². The van der Waals surface area contributed by atoms with E-state index < -0.39 is 86.1 Å². The molecule has 1 aromatic carbocycles. The van der Waals surface area contributed by atoms with E-state index in [2.05, 4.69) is 62.3 Å². The van der Waals surface area contributed by atoms with Crippen LogP contribution < -0.4 is 4.74 Å². The number of benzene rings is 1. The van der Waals surface area contributed by atoms with Gasteiger partial charge >= 0.3 is 11.9 Å². The Balaban J connectivity index is 2.19. The van der Waals surface area contributed by atoms with Crippen LogP contribution in [0.3, 0.4) is 0 Å². The fourth-order valence-corrected chi connectivity index (χ4v) is 16.1. The third-order valence-electron chi connectivity index (χ3n) is 11.9. The molecule has 0 amide bonds. The van der Waals surface area contributed by atoms with Crippen LogP contribution in [0.1, 0.15) is 79.6 Å². The van der Waals surface area contributed by atoms with Crippen molar-refractivity contribution in [1.29, 1.82) is 0 Å². The van der Waals surface area contributed by atoms with Gasteiger partial charge in [-0.05, 0) is 78.7 Å². The number of esters is 2. The van der Waals surface area contributed by atoms with Crippen LogP contribution in [0.25, 0.3) is 0 Å². The van der Waals surface area contributed by atoms with Crippen molar-refractivity contribution in [3.05, 3.63) is 29.8 Å². The highest BCUT2D eigenvalue weighted by atomic mass is 28.4. The molecule has 0 spiro atoms. The van der Waals surface area contributed by atoms with Crippen LogP contribution in [0.2, 0.25) is 54.4 Å². The van der Waals surface area contributed by atoms with E-state index in [-0.39, 0.29) is 13.2 Å². The summed E-state index contributed by atoms with van der Waals surface area (Å²) in [6.07, 6.45) is -7.90. The van der Waals surface area contributed by atoms with E-state index in [1.54, 1.807) is 31.4 Å². The molecule has 0 radical (unpaired) electrons. The summed E-state index contributed by atoms with van der Waals surface area (Å²) in [5, 5.41) is 11.1. The van der Waals surface area contributed by atoms with E-state index in [0.29, 0.717) is 11.3 Å². The van der Waals surface area contributed by atoms with Gasteiger partial charge in [-0.1, -0.05) is 62.3 Å². The van der Waals surface area contributed by atoms with Crippen LogP contribution in [0.4, 0.5) is 0 Å². The monoisotopic (exact) mass is 800 g/mol. The van der Waals surface area contributed by atoms with Crippen LogP contribution in [0.5, 0.6) is 5.75 Å². The summed E-state index contributed by atoms with van der Waals surface area (Å²) in [5.74, 6) is -0.589. The minimum absolute atomic E-state index is 0.0161. The lowest BCUT2D eigenvalue weighted by Crippen LogP contribution is -2.65. The van der Waals surface area contributed by atoms with E-state index in [4.69, 9.17) is 41.7 Å². The van der Waals surface area contributed by atoms with Crippen LogP contribution >= 0.6 is 0 Å². The van der Waals surface area contributed by atoms with Crippen LogP contribution in [0, 0.1) is 0 Å². The van der Waals surface area contributed by atoms with Gasteiger partial charge in [0.1, 0.15) is 18.0 Å². The maximum atomic E-state index is 14.1. The van der Waals surface area contributed by atoms with Gasteiger partial charge in [0.15, 0.2) is 49.7 Å². The van der Waals surface area contributed by atoms with Gasteiger partial charge in [-0.25, -0.2) is 4.79 Å². The Morgan fingerprint density at radius 1 is 0.642 bits per heavy atom. The Bertz CT molecular complexity index is 1230. The first-order chi connectivity index (χ1) is 25.3. The number of aliphatic hydroxyl groups is 1. The van der Waals surface area contributed by atoms with E-state index in [1.807, 2.05) is 0 Å². The number of rotatable bonds is 21. The third kappa shape index (κ3) is 11.2. The number of carbonyl (C=O) groups is 2. The first-order valence-electron chi connectivity index (χ1n) is 19.9. The summed E-state index contributed by atoms with van der Waals surface area (Å²) < 4.78 is 57.9. The second kappa shape index (κ2) is 21.0. The molecule has 1 N–H and O–H groups in total. The zero-order valence-electron chi connectivity index (χ0n) is 34.1. The number of carbonyl (C=O) groups excluding carboxylic acids is 2. The molecule has 2 fully saturated rings. The zero-order chi connectivity index (χ0) is 39.4. The molecule has 53 heavy (non-hydrogen) atoms. The molecule has 1 aromatic rings. The summed E-state index contributed by atoms with van der Waals surface area (Å²) in [5.41, 5.74) is 0.320. The summed E-state index contributed by atoms with van der Waals surface area (Å²) in [6.45, 7) is 20.8. The van der Waals surface area contributed by atoms with Gasteiger partial charge in [0.05, 0.1) is 38.1 Å². The lowest BCUT2D eigenvalue weighted by atomic mass is 10.0. The summed E-state index contributed by atoms with van der Waals surface area (Å²) in [4.78, 5) is 26.5. The Morgan fingerprint density at radius 2 is 1.09 bits per heavy atom. The minimum Gasteiger partial charge on any atom is -0.497 e. The standard InChI is InChI=1S/C38H68O12Si3/c1-12-51(13-2,14-3)48-30-25-43-37(41)34(45-27(10)39)32(30)47-38-35(46-36(40)28-21-23-29(42-11)24-22-28)33(50-53(18-7,19-8)20-9)31(26-44-38)49-52(15-4,16-5)17-6/h21-24,30-35,37-38,41H,12-20,25-26H2,1-11H3/t30-,31+,32-,33-,34+,35+,37-,38-/m0/s1. The van der Waals surface area contributed by atoms with E-state index in [9.17, 15) is 14.7 Å². The molecule has 12 nitrogen and oxygen atoms in total. The minimum atomic E-state index is -2.36. The van der Waals surface area contributed by atoms with Crippen molar-refractivity contribution in [1.82, 2.24) is 0 Å². The van der Waals surface area contributed by atoms with Gasteiger partial charge in [-0.3, -0.25) is 4.79 Å². The molecule has 0 saturated carbocycles. The van der Waals surface area contributed by atoms with Crippen LogP contribution in [-0.4, -0.2) is 112 Å². The molecule has 8 atom stereocenters. The molecule has 2 saturated heterocycles. The molecule has 2 aliphatic heterocycles. The van der Waals surface area contributed by atoms with Gasteiger partial charge in [-0.15, -0.1) is 0 Å². The fraction of sp³-hybridized carbons (Fsp3) is 0.789. The van der Waals surface area contributed by atoms with Crippen molar-refractivity contribution in [3.63, 3.8) is 0 Å². The maximum absolute atomic E-state index is 14.1. The SMILES string of the molecule is CC[Si](CC)(CC)O[C@@H]1[C@@H](OC(=O)c2ccc(OC)cc2)[C@H](O[C@@H]2[C@@H](OC(C)=O)[C@@H](O)OC[C@@H]2O[Si](CC)(CC)CC)OC[C@H]1O[Si](CC)(CC)CC. The molecule has 0 aromatic heterocycles. The van der Waals surface area contributed by atoms with Crippen molar-refractivity contribution < 1.29 is 56.4 Å². The normalized spacial score (nSPS) is 26.9. The predicted octanol–water partition coefficient (Wildman–Crippen LogP) is 7.41. The first-order valence-corrected chi connectivity index (χ1v) is 27.5. The summed E-state index contributed by atoms with van der Waals surface area (Å²) >= 11 is 0. The topological polar surface area (TPSA) is 137 Å². The number of hydrogen-bond acceptors (Lipinski definition) is 12. The lowest BCUT2D eigenvalue weighted by Gasteiger charge is -2.49. The molecular formula is C38H68O12Si3. The highest BCUT2D eigenvalue weighted by molar-refractivity contribution is 6.74. The average Bonchev–Trinajstić information content (AvgIpc) is 3.18. The van der Waals surface area contributed by atoms with Gasteiger partial charge in [0, 0.05) is 6.92 Å². The second-order valence-corrected chi connectivity index (χ2v) is 28.5. The van der Waals surface area contributed by atoms with Crippen LogP contribution in [-0.2, 0) is 41.8 Å². The van der Waals surface area contributed by atoms with Crippen molar-refractivity contribution in [2.45, 2.75) is 173 Å². The zero-order valence-corrected chi connectivity index (χ0v) is 37.1. The number of ether oxygens (including phenoxy) is 6. The fourth-order valence-electron chi connectivity index (χ4n) is 7.57. The highest BCUT2D eigenvalue weighted by Crippen LogP contribution is 2.38. The molecule has 0 unspecified atom stereocenters. The second-order valence-electron chi connectivity index (χ2n) is 14.3. The van der Waals surface area contributed by atoms with E-state index in [0.717, 1.165) is 54.4 Å². The van der Waals surface area contributed by atoms with Crippen molar-refractivity contribution >= 4 is 36.9 Å². The predicted molar refractivity (Wildman–Crippen MR) is 211 cm³/mol. The Labute approximate surface area is 321 Å². The molecular weight excluding hydrogens is 733 g/mol. The molecule has 0 aliphatic carbocycles. The van der Waals surface area contributed by atoms with Crippen molar-refractivity contribution in [2.75, 3.05) is 20.3 Å². The summed E-state index contributed by atoms with van der Waals surface area (Å²) in [7, 11) is -5.27. The Kier molecular flexibility index (Phi) is 18.1. The Hall–Kier alpha value is -1.67. The Morgan fingerprint density at radius 3 is 1.55 bits per heavy atom. The first kappa shape index (κ1) is 45.7. The highest BCUT2D eigenvalue weighted by Gasteiger charge is 2.54. The smallest absolute Gasteiger partial charge is 0.338 e. The van der Waals surface area contributed by atoms with E-state index >= 15 is 0 Å². The molecule has 2 heterocycles. The lowest BCUT2D eigenvalue weighted by molar-refractivity contribution is -0.326. The van der Waals surface area contributed by atoms with Gasteiger partial charge in [0.25, 0.3) is 0 Å².